The summed E-state index contributed by atoms with van der Waals surface area (Å²) < 4.78 is 20.3. The van der Waals surface area contributed by atoms with Gasteiger partial charge in [0.05, 0.1) is 17.9 Å². The van der Waals surface area contributed by atoms with Crippen molar-refractivity contribution in [3.05, 3.63) is 66.5 Å². The first kappa shape index (κ1) is 28.1. The predicted octanol–water partition coefficient (Wildman–Crippen LogP) is 5.70. The second-order valence-electron chi connectivity index (χ2n) is 9.07. The molecule has 1 atom stereocenters. The average Bonchev–Trinajstić information content (AvgIpc) is 3.33. The molecule has 8 heteroatoms. The van der Waals surface area contributed by atoms with Crippen LogP contribution in [0.4, 0.5) is 10.2 Å². The number of aromatic nitrogens is 2. The van der Waals surface area contributed by atoms with E-state index in [0.29, 0.717) is 36.8 Å². The molecule has 1 N–H and O–H groups in total. The summed E-state index contributed by atoms with van der Waals surface area (Å²) in [5.41, 5.74) is 2.16. The Morgan fingerprint density at radius 1 is 1.08 bits per heavy atom. The first-order valence-electron chi connectivity index (χ1n) is 13.0. The average molecular weight is 509 g/mol. The summed E-state index contributed by atoms with van der Waals surface area (Å²) in [6.45, 7) is 5.00. The van der Waals surface area contributed by atoms with Crippen LogP contribution in [0, 0.1) is 11.7 Å². The van der Waals surface area contributed by atoms with E-state index in [9.17, 15) is 14.0 Å². The number of amides is 2. The highest BCUT2D eigenvalue weighted by Crippen LogP contribution is 2.25. The Balaban J connectivity index is 1.84. The third-order valence-corrected chi connectivity index (χ3v) is 6.29. The Labute approximate surface area is 218 Å². The summed E-state index contributed by atoms with van der Waals surface area (Å²) in [4.78, 5) is 28.2. The van der Waals surface area contributed by atoms with E-state index in [1.54, 1.807) is 34.9 Å². The minimum Gasteiger partial charge on any atom is -0.385 e. The standard InChI is InChI=1S/C29H37FN4O3/c1-4-6-11-22(5-2)29(36)33(18-10-19-37-3)21-28(35)31-27-20-26(23-12-8-7-9-13-23)32-34(27)25-16-14-24(30)15-17-25/h7-9,12-17,20,22H,4-6,10-11,18-19,21H2,1-3H3,(H,31,35). The number of hydrogen-bond acceptors (Lipinski definition) is 4. The third-order valence-electron chi connectivity index (χ3n) is 6.29. The van der Waals surface area contributed by atoms with Crippen LogP contribution >= 0.6 is 0 Å². The van der Waals surface area contributed by atoms with E-state index in [1.807, 2.05) is 37.3 Å². The van der Waals surface area contributed by atoms with Crippen molar-refractivity contribution in [2.75, 3.05) is 32.1 Å². The second-order valence-corrected chi connectivity index (χ2v) is 9.07. The van der Waals surface area contributed by atoms with Gasteiger partial charge in [0, 0.05) is 37.8 Å². The van der Waals surface area contributed by atoms with Crippen LogP contribution in [-0.4, -0.2) is 53.3 Å². The zero-order valence-electron chi connectivity index (χ0n) is 22.0. The lowest BCUT2D eigenvalue weighted by Crippen LogP contribution is -2.42. The molecule has 1 heterocycles. The fraction of sp³-hybridized carbons (Fsp3) is 0.414. The lowest BCUT2D eigenvalue weighted by atomic mass is 9.97. The summed E-state index contributed by atoms with van der Waals surface area (Å²) in [5.74, 6) is -0.343. The number of unbranched alkanes of at least 4 members (excludes halogenated alkanes) is 1. The minimum atomic E-state index is -0.358. The van der Waals surface area contributed by atoms with E-state index in [-0.39, 0.29) is 30.1 Å². The van der Waals surface area contributed by atoms with E-state index in [4.69, 9.17) is 4.74 Å². The number of methoxy groups -OCH3 is 1. The van der Waals surface area contributed by atoms with E-state index < -0.39 is 0 Å². The molecule has 1 aromatic heterocycles. The number of carbonyl (C=O) groups excluding carboxylic acids is 2. The van der Waals surface area contributed by atoms with Crippen molar-refractivity contribution in [2.45, 2.75) is 46.0 Å². The number of hydrogen-bond donors (Lipinski definition) is 1. The van der Waals surface area contributed by atoms with Crippen LogP contribution in [0.3, 0.4) is 0 Å². The maximum atomic E-state index is 13.6. The smallest absolute Gasteiger partial charge is 0.245 e. The molecule has 3 aromatic rings. The van der Waals surface area contributed by atoms with Gasteiger partial charge < -0.3 is 15.0 Å². The molecule has 2 amide bonds. The van der Waals surface area contributed by atoms with Gasteiger partial charge in [0.1, 0.15) is 11.6 Å². The molecule has 0 spiro atoms. The van der Waals surface area contributed by atoms with Crippen LogP contribution in [0.5, 0.6) is 0 Å². The largest absolute Gasteiger partial charge is 0.385 e. The van der Waals surface area contributed by atoms with Crippen LogP contribution in [0.2, 0.25) is 0 Å². The topological polar surface area (TPSA) is 76.5 Å². The number of benzene rings is 2. The van der Waals surface area contributed by atoms with Gasteiger partial charge in [0.25, 0.3) is 0 Å². The highest BCUT2D eigenvalue weighted by atomic mass is 19.1. The van der Waals surface area contributed by atoms with Crippen LogP contribution in [0.15, 0.2) is 60.7 Å². The number of ether oxygens (including phenoxy) is 1. The van der Waals surface area contributed by atoms with Gasteiger partial charge in [-0.1, -0.05) is 57.0 Å². The van der Waals surface area contributed by atoms with E-state index >= 15 is 0 Å². The molecule has 0 saturated carbocycles. The maximum Gasteiger partial charge on any atom is 0.245 e. The molecular weight excluding hydrogens is 471 g/mol. The summed E-state index contributed by atoms with van der Waals surface area (Å²) in [7, 11) is 1.62. The molecule has 0 aliphatic rings. The van der Waals surface area contributed by atoms with Crippen molar-refractivity contribution in [1.29, 1.82) is 0 Å². The highest BCUT2D eigenvalue weighted by Gasteiger charge is 2.25. The van der Waals surface area contributed by atoms with Gasteiger partial charge in [0.15, 0.2) is 0 Å². The van der Waals surface area contributed by atoms with Crippen LogP contribution in [0.1, 0.15) is 46.0 Å². The molecule has 0 aliphatic heterocycles. The van der Waals surface area contributed by atoms with Crippen molar-refractivity contribution in [3.8, 4) is 16.9 Å². The number of rotatable bonds is 14. The molecule has 198 valence electrons. The Morgan fingerprint density at radius 2 is 1.81 bits per heavy atom. The minimum absolute atomic E-state index is 0.000722. The fourth-order valence-corrected chi connectivity index (χ4v) is 4.23. The third kappa shape index (κ3) is 7.98. The molecule has 3 rings (SSSR count). The second kappa shape index (κ2) is 14.3. The van der Waals surface area contributed by atoms with Gasteiger partial charge >= 0.3 is 0 Å². The summed E-state index contributed by atoms with van der Waals surface area (Å²) in [6.07, 6.45) is 4.18. The zero-order chi connectivity index (χ0) is 26.6. The molecule has 0 radical (unpaired) electrons. The van der Waals surface area contributed by atoms with Crippen LogP contribution in [-0.2, 0) is 14.3 Å². The summed E-state index contributed by atoms with van der Waals surface area (Å²) in [6, 6.07) is 17.3. The predicted molar refractivity (Wildman–Crippen MR) is 144 cm³/mol. The number of anilines is 1. The zero-order valence-corrected chi connectivity index (χ0v) is 22.0. The Hall–Kier alpha value is -3.52. The molecular formula is C29H37FN4O3. The lowest BCUT2D eigenvalue weighted by Gasteiger charge is -2.26. The van der Waals surface area contributed by atoms with Crippen LogP contribution < -0.4 is 5.32 Å². The fourth-order valence-electron chi connectivity index (χ4n) is 4.23. The molecule has 0 bridgehead atoms. The van der Waals surface area contributed by atoms with Gasteiger partial charge in [-0.25, -0.2) is 9.07 Å². The van der Waals surface area contributed by atoms with Gasteiger partial charge in [0.2, 0.25) is 11.8 Å². The van der Waals surface area contributed by atoms with Gasteiger partial charge in [-0.15, -0.1) is 0 Å². The highest BCUT2D eigenvalue weighted by molar-refractivity contribution is 5.95. The van der Waals surface area contributed by atoms with Gasteiger partial charge in [-0.2, -0.15) is 5.10 Å². The van der Waals surface area contributed by atoms with E-state index in [1.165, 1.54) is 12.1 Å². The van der Waals surface area contributed by atoms with Crippen molar-refractivity contribution in [3.63, 3.8) is 0 Å². The molecule has 0 aliphatic carbocycles. The molecule has 0 saturated heterocycles. The lowest BCUT2D eigenvalue weighted by molar-refractivity contribution is -0.139. The Morgan fingerprint density at radius 3 is 2.46 bits per heavy atom. The first-order valence-corrected chi connectivity index (χ1v) is 13.0. The molecule has 0 fully saturated rings. The van der Waals surface area contributed by atoms with Gasteiger partial charge in [-0.3, -0.25) is 9.59 Å². The summed E-state index contributed by atoms with van der Waals surface area (Å²) >= 11 is 0. The molecule has 37 heavy (non-hydrogen) atoms. The number of nitrogens with one attached hydrogen (secondary N) is 1. The van der Waals surface area contributed by atoms with Crippen molar-refractivity contribution < 1.29 is 18.7 Å². The number of halogens is 1. The normalized spacial score (nSPS) is 11.8. The van der Waals surface area contributed by atoms with Gasteiger partial charge in [-0.05, 0) is 43.5 Å². The first-order chi connectivity index (χ1) is 18.0. The van der Waals surface area contributed by atoms with E-state index in [0.717, 1.165) is 31.2 Å². The quantitative estimate of drug-likeness (QED) is 0.284. The monoisotopic (exact) mass is 508 g/mol. The maximum absolute atomic E-state index is 13.6. The SMILES string of the molecule is CCCCC(CC)C(=O)N(CCCOC)CC(=O)Nc1cc(-c2ccccc2)nn1-c1ccc(F)cc1. The Bertz CT molecular complexity index is 1130. The molecule has 1 unspecified atom stereocenters. The molecule has 2 aromatic carbocycles. The Kier molecular flexibility index (Phi) is 10.8. The van der Waals surface area contributed by atoms with E-state index in [2.05, 4.69) is 17.3 Å². The number of carbonyl (C=O) groups is 2. The summed E-state index contributed by atoms with van der Waals surface area (Å²) in [5, 5.41) is 7.60. The van der Waals surface area contributed by atoms with Crippen molar-refractivity contribution in [2.24, 2.45) is 5.92 Å². The van der Waals surface area contributed by atoms with Crippen LogP contribution in [0.25, 0.3) is 16.9 Å². The van der Waals surface area contributed by atoms with Crippen molar-refractivity contribution in [1.82, 2.24) is 14.7 Å². The number of nitrogens with zero attached hydrogens (tertiary/aromatic N) is 3. The van der Waals surface area contributed by atoms with Crippen molar-refractivity contribution >= 4 is 17.6 Å². The molecule has 7 nitrogen and oxygen atoms in total.